The van der Waals surface area contributed by atoms with Crippen LogP contribution in [0.2, 0.25) is 0 Å². The van der Waals surface area contributed by atoms with Crippen LogP contribution in [0.15, 0.2) is 42.7 Å². The molecular weight excluding hydrogens is 292 g/mol. The van der Waals surface area contributed by atoms with Crippen LogP contribution in [-0.4, -0.2) is 4.98 Å². The van der Waals surface area contributed by atoms with Crippen molar-refractivity contribution in [1.29, 1.82) is 0 Å². The standard InChI is InChI=1S/C11H7FIN/c12-10-4-2-1-3-8(10)9-5-6-14-7-11(9)13/h1-7H. The van der Waals surface area contributed by atoms with Crippen molar-refractivity contribution in [3.63, 3.8) is 0 Å². The highest BCUT2D eigenvalue weighted by Gasteiger charge is 2.06. The molecule has 1 aromatic heterocycles. The Morgan fingerprint density at radius 1 is 1.07 bits per heavy atom. The molecule has 1 aromatic carbocycles. The molecule has 0 spiro atoms. The van der Waals surface area contributed by atoms with Gasteiger partial charge in [-0.25, -0.2) is 4.39 Å². The predicted octanol–water partition coefficient (Wildman–Crippen LogP) is 3.49. The minimum Gasteiger partial charge on any atom is -0.264 e. The highest BCUT2D eigenvalue weighted by molar-refractivity contribution is 14.1. The summed E-state index contributed by atoms with van der Waals surface area (Å²) in [6.07, 6.45) is 3.40. The third kappa shape index (κ3) is 1.77. The average Bonchev–Trinajstić information content (AvgIpc) is 2.20. The number of hydrogen-bond donors (Lipinski definition) is 0. The fourth-order valence-corrected chi connectivity index (χ4v) is 1.90. The van der Waals surface area contributed by atoms with Gasteiger partial charge in [0.1, 0.15) is 5.82 Å². The van der Waals surface area contributed by atoms with Gasteiger partial charge in [0, 0.05) is 27.1 Å². The Bertz CT molecular complexity index is 413. The van der Waals surface area contributed by atoms with E-state index in [0.29, 0.717) is 5.56 Å². The topological polar surface area (TPSA) is 12.9 Å². The Labute approximate surface area is 95.1 Å². The summed E-state index contributed by atoms with van der Waals surface area (Å²) in [7, 11) is 0. The number of benzene rings is 1. The van der Waals surface area contributed by atoms with E-state index >= 15 is 0 Å². The van der Waals surface area contributed by atoms with Gasteiger partial charge in [-0.3, -0.25) is 4.98 Å². The largest absolute Gasteiger partial charge is 0.264 e. The lowest BCUT2D eigenvalue weighted by Crippen LogP contribution is -1.87. The third-order valence-corrected chi connectivity index (χ3v) is 2.80. The molecule has 0 saturated carbocycles. The lowest BCUT2D eigenvalue weighted by Gasteiger charge is -2.04. The Morgan fingerprint density at radius 2 is 1.86 bits per heavy atom. The van der Waals surface area contributed by atoms with Crippen LogP contribution in [0.25, 0.3) is 11.1 Å². The van der Waals surface area contributed by atoms with Gasteiger partial charge in [-0.15, -0.1) is 0 Å². The van der Waals surface area contributed by atoms with Crippen LogP contribution in [0.4, 0.5) is 4.39 Å². The minimum absolute atomic E-state index is 0.198. The maximum Gasteiger partial charge on any atom is 0.131 e. The number of aromatic nitrogens is 1. The molecule has 70 valence electrons. The van der Waals surface area contributed by atoms with Crippen molar-refractivity contribution in [2.75, 3.05) is 0 Å². The van der Waals surface area contributed by atoms with Gasteiger partial charge in [-0.05, 0) is 34.7 Å². The monoisotopic (exact) mass is 299 g/mol. The van der Waals surface area contributed by atoms with Gasteiger partial charge in [0.25, 0.3) is 0 Å². The molecule has 2 rings (SSSR count). The molecule has 0 N–H and O–H groups in total. The van der Waals surface area contributed by atoms with Crippen LogP contribution in [0.1, 0.15) is 0 Å². The molecule has 1 heterocycles. The van der Waals surface area contributed by atoms with Crippen LogP contribution in [0, 0.1) is 9.39 Å². The maximum atomic E-state index is 13.4. The molecule has 14 heavy (non-hydrogen) atoms. The first-order chi connectivity index (χ1) is 6.79. The molecule has 0 aliphatic heterocycles. The van der Waals surface area contributed by atoms with E-state index in [2.05, 4.69) is 27.6 Å². The lowest BCUT2D eigenvalue weighted by atomic mass is 10.1. The Kier molecular flexibility index (Phi) is 2.77. The highest BCUT2D eigenvalue weighted by atomic mass is 127. The molecule has 0 bridgehead atoms. The van der Waals surface area contributed by atoms with Crippen LogP contribution < -0.4 is 0 Å². The third-order valence-electron chi connectivity index (χ3n) is 1.94. The van der Waals surface area contributed by atoms with Crippen LogP contribution >= 0.6 is 22.6 Å². The number of rotatable bonds is 1. The first kappa shape index (κ1) is 9.58. The van der Waals surface area contributed by atoms with E-state index in [-0.39, 0.29) is 5.82 Å². The summed E-state index contributed by atoms with van der Waals surface area (Å²) in [6.45, 7) is 0. The summed E-state index contributed by atoms with van der Waals surface area (Å²) >= 11 is 2.15. The van der Waals surface area contributed by atoms with E-state index in [1.807, 2.05) is 12.1 Å². The summed E-state index contributed by atoms with van der Waals surface area (Å²) in [5.41, 5.74) is 1.51. The molecule has 3 heteroatoms. The minimum atomic E-state index is -0.198. The second-order valence-electron chi connectivity index (χ2n) is 2.84. The zero-order valence-electron chi connectivity index (χ0n) is 7.24. The van der Waals surface area contributed by atoms with E-state index in [1.165, 1.54) is 6.07 Å². The molecule has 0 atom stereocenters. The van der Waals surface area contributed by atoms with E-state index in [4.69, 9.17) is 0 Å². The number of halogens is 2. The molecule has 0 aliphatic rings. The summed E-state index contributed by atoms with van der Waals surface area (Å²) in [4.78, 5) is 3.97. The van der Waals surface area contributed by atoms with E-state index in [0.717, 1.165) is 9.13 Å². The molecule has 0 unspecified atom stereocenters. The van der Waals surface area contributed by atoms with Crippen molar-refractivity contribution in [3.05, 3.63) is 52.1 Å². The molecular formula is C11H7FIN. The zero-order valence-corrected chi connectivity index (χ0v) is 9.40. The van der Waals surface area contributed by atoms with Gasteiger partial charge < -0.3 is 0 Å². The fourth-order valence-electron chi connectivity index (χ4n) is 1.27. The zero-order chi connectivity index (χ0) is 9.97. The molecule has 1 nitrogen and oxygen atoms in total. The second-order valence-corrected chi connectivity index (χ2v) is 4.00. The van der Waals surface area contributed by atoms with Gasteiger partial charge in [-0.2, -0.15) is 0 Å². The Hall–Kier alpha value is -0.970. The SMILES string of the molecule is Fc1ccccc1-c1ccncc1I. The molecule has 0 radical (unpaired) electrons. The van der Waals surface area contributed by atoms with Crippen molar-refractivity contribution in [2.24, 2.45) is 0 Å². The summed E-state index contributed by atoms with van der Waals surface area (Å²) in [6, 6.07) is 8.57. The maximum absolute atomic E-state index is 13.4. The summed E-state index contributed by atoms with van der Waals surface area (Å²) < 4.78 is 14.4. The quantitative estimate of drug-likeness (QED) is 0.735. The van der Waals surface area contributed by atoms with E-state index in [9.17, 15) is 4.39 Å². The number of hydrogen-bond acceptors (Lipinski definition) is 1. The van der Waals surface area contributed by atoms with Crippen molar-refractivity contribution in [1.82, 2.24) is 4.98 Å². The lowest BCUT2D eigenvalue weighted by molar-refractivity contribution is 0.631. The van der Waals surface area contributed by atoms with Crippen LogP contribution in [0.3, 0.4) is 0 Å². The van der Waals surface area contributed by atoms with Crippen molar-refractivity contribution >= 4 is 22.6 Å². The number of nitrogens with zero attached hydrogens (tertiary/aromatic N) is 1. The first-order valence-electron chi connectivity index (χ1n) is 4.13. The average molecular weight is 299 g/mol. The fraction of sp³-hybridized carbons (Fsp3) is 0. The highest BCUT2D eigenvalue weighted by Crippen LogP contribution is 2.26. The smallest absolute Gasteiger partial charge is 0.131 e. The van der Waals surface area contributed by atoms with Gasteiger partial charge >= 0.3 is 0 Å². The Balaban J connectivity index is 2.61. The molecule has 0 amide bonds. The van der Waals surface area contributed by atoms with E-state index in [1.54, 1.807) is 24.5 Å². The van der Waals surface area contributed by atoms with Crippen molar-refractivity contribution in [2.45, 2.75) is 0 Å². The normalized spacial score (nSPS) is 10.1. The predicted molar refractivity (Wildman–Crippen MR) is 62.3 cm³/mol. The van der Waals surface area contributed by atoms with Gasteiger partial charge in [0.05, 0.1) is 0 Å². The van der Waals surface area contributed by atoms with Gasteiger partial charge in [0.15, 0.2) is 0 Å². The molecule has 2 aromatic rings. The first-order valence-corrected chi connectivity index (χ1v) is 5.21. The second kappa shape index (κ2) is 4.04. The van der Waals surface area contributed by atoms with Gasteiger partial charge in [0.2, 0.25) is 0 Å². The number of pyridine rings is 1. The summed E-state index contributed by atoms with van der Waals surface area (Å²) in [5, 5.41) is 0. The molecule has 0 fully saturated rings. The van der Waals surface area contributed by atoms with Crippen molar-refractivity contribution in [3.8, 4) is 11.1 Å². The summed E-state index contributed by atoms with van der Waals surface area (Å²) in [5.74, 6) is -0.198. The Morgan fingerprint density at radius 3 is 2.57 bits per heavy atom. The molecule has 0 aliphatic carbocycles. The van der Waals surface area contributed by atoms with Crippen LogP contribution in [-0.2, 0) is 0 Å². The van der Waals surface area contributed by atoms with Crippen molar-refractivity contribution < 1.29 is 4.39 Å². The van der Waals surface area contributed by atoms with Crippen LogP contribution in [0.5, 0.6) is 0 Å². The van der Waals surface area contributed by atoms with Gasteiger partial charge in [-0.1, -0.05) is 18.2 Å². The molecule has 0 saturated heterocycles. The van der Waals surface area contributed by atoms with E-state index < -0.39 is 0 Å².